The number of anilines is 1. The summed E-state index contributed by atoms with van der Waals surface area (Å²) >= 11 is 1.09. The minimum Gasteiger partial charge on any atom is -0.461 e. The Morgan fingerprint density at radius 2 is 2.24 bits per heavy atom. The lowest BCUT2D eigenvalue weighted by molar-refractivity contribution is 0.0463. The highest BCUT2D eigenvalue weighted by Crippen LogP contribution is 2.24. The van der Waals surface area contributed by atoms with Gasteiger partial charge in [0.15, 0.2) is 10.9 Å². The Bertz CT molecular complexity index is 631. The van der Waals surface area contributed by atoms with E-state index in [1.165, 1.54) is 6.26 Å². The lowest BCUT2D eigenvalue weighted by Gasteiger charge is -2.05. The molecule has 21 heavy (non-hydrogen) atoms. The van der Waals surface area contributed by atoms with E-state index in [2.05, 4.69) is 10.3 Å². The highest BCUT2D eigenvalue weighted by atomic mass is 32.1. The minimum atomic E-state index is -0.419. The van der Waals surface area contributed by atoms with Crippen LogP contribution >= 0.6 is 11.3 Å². The third-order valence-corrected chi connectivity index (χ3v) is 3.55. The summed E-state index contributed by atoms with van der Waals surface area (Å²) in [5.74, 6) is -0.375. The molecule has 0 atom stereocenters. The fraction of sp³-hybridized carbons (Fsp3) is 0.357. The predicted molar refractivity (Wildman–Crippen MR) is 78.6 cm³/mol. The lowest BCUT2D eigenvalue weighted by atomic mass is 10.2. The fourth-order valence-corrected chi connectivity index (χ4v) is 2.37. The molecule has 2 aromatic heterocycles. The molecule has 1 N–H and O–H groups in total. The molecule has 0 aromatic carbocycles. The molecule has 0 fully saturated rings. The maximum Gasteiger partial charge on any atom is 0.350 e. The summed E-state index contributed by atoms with van der Waals surface area (Å²) in [7, 11) is 0. The SMILES string of the molecule is Cc1nc(NC(=O)c2ccco2)sc1C(=O)OCC(C)C. The maximum absolute atomic E-state index is 11.9. The molecule has 2 aromatic rings. The number of furan rings is 1. The number of carbonyl (C=O) groups excluding carboxylic acids is 2. The van der Waals surface area contributed by atoms with Gasteiger partial charge in [0, 0.05) is 0 Å². The average Bonchev–Trinajstić information content (AvgIpc) is 3.05. The zero-order valence-corrected chi connectivity index (χ0v) is 12.8. The van der Waals surface area contributed by atoms with Crippen molar-refractivity contribution in [2.75, 3.05) is 11.9 Å². The molecule has 2 heterocycles. The number of nitrogens with zero attached hydrogens (tertiary/aromatic N) is 1. The van der Waals surface area contributed by atoms with E-state index in [0.29, 0.717) is 22.3 Å². The molecule has 0 radical (unpaired) electrons. The number of esters is 1. The van der Waals surface area contributed by atoms with Crippen LogP contribution in [-0.2, 0) is 4.74 Å². The van der Waals surface area contributed by atoms with Crippen LogP contribution in [-0.4, -0.2) is 23.5 Å². The molecule has 0 spiro atoms. The van der Waals surface area contributed by atoms with Crippen LogP contribution < -0.4 is 5.32 Å². The van der Waals surface area contributed by atoms with Gasteiger partial charge in [-0.05, 0) is 25.0 Å². The van der Waals surface area contributed by atoms with Crippen molar-refractivity contribution in [3.8, 4) is 0 Å². The number of aromatic nitrogens is 1. The molecular formula is C14H16N2O4S. The zero-order chi connectivity index (χ0) is 15.4. The van der Waals surface area contributed by atoms with Crippen molar-refractivity contribution >= 4 is 28.3 Å². The molecule has 0 saturated heterocycles. The van der Waals surface area contributed by atoms with Crippen LogP contribution in [0.5, 0.6) is 0 Å². The predicted octanol–water partition coefficient (Wildman–Crippen LogP) is 3.11. The van der Waals surface area contributed by atoms with E-state index in [9.17, 15) is 9.59 Å². The van der Waals surface area contributed by atoms with Crippen LogP contribution in [0.1, 0.15) is 39.8 Å². The molecule has 0 bridgehead atoms. The standard InChI is InChI=1S/C14H16N2O4S/c1-8(2)7-20-13(18)11-9(3)15-14(21-11)16-12(17)10-5-4-6-19-10/h4-6,8H,7H2,1-3H3,(H,15,16,17). The molecule has 0 aliphatic rings. The van der Waals surface area contributed by atoms with Gasteiger partial charge in [-0.15, -0.1) is 0 Å². The molecule has 6 nitrogen and oxygen atoms in total. The van der Waals surface area contributed by atoms with Crippen LogP contribution in [0.25, 0.3) is 0 Å². The Morgan fingerprint density at radius 1 is 1.48 bits per heavy atom. The Hall–Kier alpha value is -2.15. The molecule has 0 aliphatic heterocycles. The first-order valence-electron chi connectivity index (χ1n) is 6.46. The number of amides is 1. The summed E-state index contributed by atoms with van der Waals surface area (Å²) in [5, 5.41) is 2.93. The second-order valence-corrected chi connectivity index (χ2v) is 5.86. The number of hydrogen-bond acceptors (Lipinski definition) is 6. The third kappa shape index (κ3) is 3.91. The fourth-order valence-electron chi connectivity index (χ4n) is 1.51. The lowest BCUT2D eigenvalue weighted by Crippen LogP contribution is -2.10. The van der Waals surface area contributed by atoms with Crippen molar-refractivity contribution in [2.45, 2.75) is 20.8 Å². The number of ether oxygens (including phenoxy) is 1. The van der Waals surface area contributed by atoms with Crippen molar-refractivity contribution < 1.29 is 18.7 Å². The molecule has 112 valence electrons. The normalized spacial score (nSPS) is 10.7. The van der Waals surface area contributed by atoms with Crippen LogP contribution in [0.2, 0.25) is 0 Å². The third-order valence-electron chi connectivity index (χ3n) is 2.50. The molecule has 2 rings (SSSR count). The van der Waals surface area contributed by atoms with Gasteiger partial charge in [0.2, 0.25) is 0 Å². The second kappa shape index (κ2) is 6.53. The highest BCUT2D eigenvalue weighted by Gasteiger charge is 2.19. The number of hydrogen-bond donors (Lipinski definition) is 1. The number of aryl methyl sites for hydroxylation is 1. The van der Waals surface area contributed by atoms with Gasteiger partial charge in [-0.2, -0.15) is 0 Å². The van der Waals surface area contributed by atoms with Gasteiger partial charge >= 0.3 is 5.97 Å². The summed E-state index contributed by atoms with van der Waals surface area (Å²) in [6.45, 7) is 5.97. The number of nitrogens with one attached hydrogen (secondary N) is 1. The minimum absolute atomic E-state index is 0.187. The van der Waals surface area contributed by atoms with Gasteiger partial charge in [0.1, 0.15) is 4.88 Å². The Morgan fingerprint density at radius 3 is 2.86 bits per heavy atom. The van der Waals surface area contributed by atoms with Crippen molar-refractivity contribution in [1.82, 2.24) is 4.98 Å². The van der Waals surface area contributed by atoms with Crippen molar-refractivity contribution in [2.24, 2.45) is 5.92 Å². The monoisotopic (exact) mass is 308 g/mol. The first-order chi connectivity index (χ1) is 9.97. The van der Waals surface area contributed by atoms with E-state index in [0.717, 1.165) is 11.3 Å². The van der Waals surface area contributed by atoms with E-state index >= 15 is 0 Å². The highest BCUT2D eigenvalue weighted by molar-refractivity contribution is 7.17. The van der Waals surface area contributed by atoms with Gasteiger partial charge < -0.3 is 9.15 Å². The number of thiazole rings is 1. The van der Waals surface area contributed by atoms with Crippen molar-refractivity contribution in [3.05, 3.63) is 34.7 Å². The molecule has 0 unspecified atom stereocenters. The quantitative estimate of drug-likeness (QED) is 0.858. The van der Waals surface area contributed by atoms with E-state index in [1.54, 1.807) is 19.1 Å². The van der Waals surface area contributed by atoms with E-state index in [1.807, 2.05) is 13.8 Å². The number of rotatable bonds is 5. The Balaban J connectivity index is 2.05. The summed E-state index contributed by atoms with van der Waals surface area (Å²) < 4.78 is 10.2. The molecule has 0 saturated carbocycles. The molecule has 7 heteroatoms. The van der Waals surface area contributed by atoms with Crippen molar-refractivity contribution in [3.63, 3.8) is 0 Å². The summed E-state index contributed by atoms with van der Waals surface area (Å²) in [5.41, 5.74) is 0.531. The van der Waals surface area contributed by atoms with Crippen LogP contribution in [0.15, 0.2) is 22.8 Å². The van der Waals surface area contributed by atoms with E-state index in [4.69, 9.17) is 9.15 Å². The van der Waals surface area contributed by atoms with Crippen molar-refractivity contribution in [1.29, 1.82) is 0 Å². The summed E-state index contributed by atoms with van der Waals surface area (Å²) in [6.07, 6.45) is 1.41. The summed E-state index contributed by atoms with van der Waals surface area (Å²) in [4.78, 5) is 28.3. The number of carbonyl (C=O) groups is 2. The summed E-state index contributed by atoms with van der Waals surface area (Å²) in [6, 6.07) is 3.17. The van der Waals surface area contributed by atoms with Gasteiger partial charge in [-0.25, -0.2) is 9.78 Å². The van der Waals surface area contributed by atoms with E-state index < -0.39 is 11.9 Å². The molecular weight excluding hydrogens is 292 g/mol. The average molecular weight is 308 g/mol. The maximum atomic E-state index is 11.9. The van der Waals surface area contributed by atoms with E-state index in [-0.39, 0.29) is 11.7 Å². The van der Waals surface area contributed by atoms with Crippen LogP contribution in [0.3, 0.4) is 0 Å². The van der Waals surface area contributed by atoms with Crippen LogP contribution in [0, 0.1) is 12.8 Å². The molecule has 0 aliphatic carbocycles. The Labute approximate surface area is 126 Å². The second-order valence-electron chi connectivity index (χ2n) is 4.86. The molecule has 1 amide bonds. The Kier molecular flexibility index (Phi) is 4.74. The van der Waals surface area contributed by atoms with Gasteiger partial charge in [0.25, 0.3) is 5.91 Å². The topological polar surface area (TPSA) is 81.4 Å². The van der Waals surface area contributed by atoms with Gasteiger partial charge in [-0.1, -0.05) is 25.2 Å². The van der Waals surface area contributed by atoms with Gasteiger partial charge in [0.05, 0.1) is 18.6 Å². The largest absolute Gasteiger partial charge is 0.461 e. The zero-order valence-electron chi connectivity index (χ0n) is 12.0. The van der Waals surface area contributed by atoms with Crippen LogP contribution in [0.4, 0.5) is 5.13 Å². The van der Waals surface area contributed by atoms with Gasteiger partial charge in [-0.3, -0.25) is 10.1 Å². The first-order valence-corrected chi connectivity index (χ1v) is 7.28. The first kappa shape index (κ1) is 15.2. The smallest absolute Gasteiger partial charge is 0.350 e.